The Balaban J connectivity index is 2.28. The van der Waals surface area contributed by atoms with Crippen LogP contribution in [0.2, 0.25) is 0 Å². The van der Waals surface area contributed by atoms with Gasteiger partial charge in [0.2, 0.25) is 0 Å². The molecule has 1 aromatic heterocycles. The van der Waals surface area contributed by atoms with Crippen LogP contribution < -0.4 is 0 Å². The summed E-state index contributed by atoms with van der Waals surface area (Å²) >= 11 is 1.45. The Hall–Kier alpha value is -1.00. The zero-order chi connectivity index (χ0) is 9.10. The van der Waals surface area contributed by atoms with Gasteiger partial charge in [0.1, 0.15) is 11.5 Å². The zero-order valence-corrected chi connectivity index (χ0v) is 8.00. The molecule has 0 aliphatic heterocycles. The monoisotopic (exact) mass is 195 g/mol. The van der Waals surface area contributed by atoms with Crippen LogP contribution in [0.25, 0.3) is 11.1 Å². The molecule has 68 valence electrons. The molecule has 0 bridgehead atoms. The van der Waals surface area contributed by atoms with Gasteiger partial charge in [-0.05, 0) is 23.9 Å². The van der Waals surface area contributed by atoms with Gasteiger partial charge in [-0.25, -0.2) is 4.98 Å². The van der Waals surface area contributed by atoms with Crippen LogP contribution in [0.4, 0.5) is 0 Å². The lowest BCUT2D eigenvalue weighted by atomic mass is 10.3. The van der Waals surface area contributed by atoms with Crippen LogP contribution in [0, 0.1) is 0 Å². The molecule has 1 heterocycles. The number of benzene rings is 1. The summed E-state index contributed by atoms with van der Waals surface area (Å²) in [5.41, 5.74) is 1.71. The van der Waals surface area contributed by atoms with Gasteiger partial charge < -0.3 is 9.15 Å². The molecule has 0 amide bonds. The molecular formula is C9H9NO2S. The molecule has 0 spiro atoms. The molecule has 13 heavy (non-hydrogen) atoms. The minimum absolute atomic E-state index is 0.562. The van der Waals surface area contributed by atoms with E-state index in [1.54, 1.807) is 7.11 Å². The Morgan fingerprint density at radius 1 is 1.46 bits per heavy atom. The fraction of sp³-hybridized carbons (Fsp3) is 0.222. The first kappa shape index (κ1) is 8.59. The van der Waals surface area contributed by atoms with E-state index in [1.165, 1.54) is 11.8 Å². The topological polar surface area (TPSA) is 35.3 Å². The third kappa shape index (κ3) is 1.84. The van der Waals surface area contributed by atoms with E-state index in [1.807, 2.05) is 24.3 Å². The molecule has 4 heteroatoms. The summed E-state index contributed by atoms with van der Waals surface area (Å²) in [5, 5.41) is 0.656. The highest BCUT2D eigenvalue weighted by atomic mass is 32.2. The van der Waals surface area contributed by atoms with Crippen molar-refractivity contribution in [3.05, 3.63) is 24.3 Å². The van der Waals surface area contributed by atoms with Gasteiger partial charge in [0.15, 0.2) is 5.58 Å². The molecule has 0 fully saturated rings. The van der Waals surface area contributed by atoms with Crippen molar-refractivity contribution >= 4 is 22.9 Å². The van der Waals surface area contributed by atoms with E-state index in [-0.39, 0.29) is 0 Å². The van der Waals surface area contributed by atoms with Crippen molar-refractivity contribution in [2.75, 3.05) is 13.0 Å². The number of ether oxygens (including phenoxy) is 1. The van der Waals surface area contributed by atoms with Crippen molar-refractivity contribution in [3.8, 4) is 0 Å². The molecule has 0 saturated heterocycles. The Labute approximate surface area is 80.1 Å². The molecule has 0 unspecified atom stereocenters. The number of oxazole rings is 1. The van der Waals surface area contributed by atoms with Crippen molar-refractivity contribution < 1.29 is 9.15 Å². The quantitative estimate of drug-likeness (QED) is 0.557. The molecule has 3 nitrogen and oxygen atoms in total. The second kappa shape index (κ2) is 3.81. The maximum Gasteiger partial charge on any atom is 0.259 e. The predicted molar refractivity (Wildman–Crippen MR) is 51.7 cm³/mol. The summed E-state index contributed by atoms with van der Waals surface area (Å²) in [6.07, 6.45) is 0. The lowest BCUT2D eigenvalue weighted by molar-refractivity contribution is 0.257. The van der Waals surface area contributed by atoms with Crippen molar-refractivity contribution in [3.63, 3.8) is 0 Å². The third-order valence-corrected chi connectivity index (χ3v) is 2.35. The summed E-state index contributed by atoms with van der Waals surface area (Å²) < 4.78 is 10.3. The van der Waals surface area contributed by atoms with E-state index in [0.717, 1.165) is 11.1 Å². The van der Waals surface area contributed by atoms with Gasteiger partial charge in [-0.1, -0.05) is 12.1 Å². The van der Waals surface area contributed by atoms with Crippen molar-refractivity contribution in [2.24, 2.45) is 0 Å². The standard InChI is InChI=1S/C9H9NO2S/c1-11-6-13-9-10-7-4-2-3-5-8(7)12-9/h2-5H,6H2,1H3. The number of para-hydroxylation sites is 2. The molecule has 1 aromatic carbocycles. The van der Waals surface area contributed by atoms with Crippen molar-refractivity contribution in [2.45, 2.75) is 5.22 Å². The second-order valence-corrected chi connectivity index (χ2v) is 3.37. The summed E-state index contributed by atoms with van der Waals surface area (Å²) in [5.74, 6) is 0.562. The van der Waals surface area contributed by atoms with E-state index in [2.05, 4.69) is 4.98 Å². The third-order valence-electron chi connectivity index (χ3n) is 1.57. The largest absolute Gasteiger partial charge is 0.431 e. The first-order valence-electron chi connectivity index (χ1n) is 3.87. The van der Waals surface area contributed by atoms with Gasteiger partial charge in [0, 0.05) is 7.11 Å². The van der Waals surface area contributed by atoms with Crippen molar-refractivity contribution in [1.29, 1.82) is 0 Å². The summed E-state index contributed by atoms with van der Waals surface area (Å²) in [4.78, 5) is 4.27. The number of nitrogens with zero attached hydrogens (tertiary/aromatic N) is 1. The van der Waals surface area contributed by atoms with Crippen LogP contribution in [0.3, 0.4) is 0 Å². The summed E-state index contributed by atoms with van der Waals surface area (Å²) in [6.45, 7) is 0. The Bertz CT molecular complexity index is 366. The number of hydrogen-bond acceptors (Lipinski definition) is 4. The van der Waals surface area contributed by atoms with Crippen LogP contribution in [-0.4, -0.2) is 18.0 Å². The lowest BCUT2D eigenvalue weighted by Gasteiger charge is -1.90. The van der Waals surface area contributed by atoms with E-state index >= 15 is 0 Å². The highest BCUT2D eigenvalue weighted by Gasteiger charge is 2.03. The minimum Gasteiger partial charge on any atom is -0.431 e. The molecule has 2 rings (SSSR count). The van der Waals surface area contributed by atoms with Gasteiger partial charge in [-0.2, -0.15) is 0 Å². The molecule has 0 aliphatic rings. The van der Waals surface area contributed by atoms with Gasteiger partial charge >= 0.3 is 0 Å². The highest BCUT2D eigenvalue weighted by molar-refractivity contribution is 7.98. The number of fused-ring (bicyclic) bond motifs is 1. The van der Waals surface area contributed by atoms with Gasteiger partial charge in [0.05, 0.1) is 0 Å². The average Bonchev–Trinajstić information content (AvgIpc) is 2.57. The Morgan fingerprint density at radius 3 is 3.08 bits per heavy atom. The minimum atomic E-state index is 0.562. The molecule has 0 radical (unpaired) electrons. The van der Waals surface area contributed by atoms with Gasteiger partial charge in [0.25, 0.3) is 5.22 Å². The highest BCUT2D eigenvalue weighted by Crippen LogP contribution is 2.22. The number of hydrogen-bond donors (Lipinski definition) is 0. The molecule has 0 atom stereocenters. The predicted octanol–water partition coefficient (Wildman–Crippen LogP) is 2.52. The molecule has 0 saturated carbocycles. The second-order valence-electron chi connectivity index (χ2n) is 2.50. The SMILES string of the molecule is COCSc1nc2ccccc2o1. The van der Waals surface area contributed by atoms with Crippen LogP contribution in [-0.2, 0) is 4.74 Å². The average molecular weight is 195 g/mol. The lowest BCUT2D eigenvalue weighted by Crippen LogP contribution is -1.80. The molecule has 0 N–H and O–H groups in total. The van der Waals surface area contributed by atoms with E-state index in [0.29, 0.717) is 11.2 Å². The zero-order valence-electron chi connectivity index (χ0n) is 7.19. The van der Waals surface area contributed by atoms with E-state index in [4.69, 9.17) is 9.15 Å². The summed E-state index contributed by atoms with van der Waals surface area (Å²) in [6, 6.07) is 7.70. The van der Waals surface area contributed by atoms with Crippen LogP contribution >= 0.6 is 11.8 Å². The summed E-state index contributed by atoms with van der Waals surface area (Å²) in [7, 11) is 1.65. The molecule has 2 aromatic rings. The maximum atomic E-state index is 5.44. The first-order valence-corrected chi connectivity index (χ1v) is 4.86. The first-order chi connectivity index (χ1) is 6.40. The Morgan fingerprint density at radius 2 is 2.31 bits per heavy atom. The molecular weight excluding hydrogens is 186 g/mol. The van der Waals surface area contributed by atoms with Crippen molar-refractivity contribution in [1.82, 2.24) is 4.98 Å². The van der Waals surface area contributed by atoms with Crippen LogP contribution in [0.15, 0.2) is 33.9 Å². The maximum absolute atomic E-state index is 5.44. The van der Waals surface area contributed by atoms with Gasteiger partial charge in [-0.3, -0.25) is 0 Å². The number of rotatable bonds is 3. The van der Waals surface area contributed by atoms with E-state index < -0.39 is 0 Å². The normalized spacial score (nSPS) is 10.8. The van der Waals surface area contributed by atoms with Gasteiger partial charge in [-0.15, -0.1) is 0 Å². The fourth-order valence-electron chi connectivity index (χ4n) is 1.02. The fourth-order valence-corrected chi connectivity index (χ4v) is 1.55. The number of aromatic nitrogens is 1. The number of methoxy groups -OCH3 is 1. The molecule has 0 aliphatic carbocycles. The van der Waals surface area contributed by atoms with Crippen LogP contribution in [0.1, 0.15) is 0 Å². The smallest absolute Gasteiger partial charge is 0.259 e. The van der Waals surface area contributed by atoms with E-state index in [9.17, 15) is 0 Å². The van der Waals surface area contributed by atoms with Crippen LogP contribution in [0.5, 0.6) is 0 Å². The Kier molecular flexibility index (Phi) is 2.52. The number of thioether (sulfide) groups is 1.